The molecule has 0 aromatic carbocycles. The third-order valence-corrected chi connectivity index (χ3v) is 3.47. The quantitative estimate of drug-likeness (QED) is 0.862. The Kier molecular flexibility index (Phi) is 3.30. The molecule has 19 heavy (non-hydrogen) atoms. The molecule has 2 N–H and O–H groups in total. The number of nitrogens with one attached hydrogen (secondary N) is 1. The minimum atomic E-state index is -1.12. The standard InChI is InChI=1S/C10H11N5O3S/c1-4-6(10(17)18)9(19-14-4)15(3)8(16)7-11-5(2)12-13-7/h1-3H3,(H,17,18)(H,11,12,13). The summed E-state index contributed by atoms with van der Waals surface area (Å²) in [6, 6.07) is 0. The van der Waals surface area contributed by atoms with Crippen LogP contribution in [-0.2, 0) is 0 Å². The minimum absolute atomic E-state index is 0.0117. The van der Waals surface area contributed by atoms with E-state index in [0.29, 0.717) is 11.5 Å². The number of aryl methyl sites for hydroxylation is 2. The summed E-state index contributed by atoms with van der Waals surface area (Å²) in [4.78, 5) is 28.4. The number of anilines is 1. The van der Waals surface area contributed by atoms with Gasteiger partial charge in [-0.05, 0) is 25.4 Å². The molecule has 100 valence electrons. The summed E-state index contributed by atoms with van der Waals surface area (Å²) in [5, 5.41) is 15.7. The van der Waals surface area contributed by atoms with E-state index in [0.717, 1.165) is 11.5 Å². The van der Waals surface area contributed by atoms with Crippen molar-refractivity contribution in [3.8, 4) is 0 Å². The van der Waals surface area contributed by atoms with Crippen LogP contribution in [0.25, 0.3) is 0 Å². The molecule has 0 atom stereocenters. The third-order valence-electron chi connectivity index (χ3n) is 2.46. The van der Waals surface area contributed by atoms with Crippen molar-refractivity contribution in [2.75, 3.05) is 11.9 Å². The summed E-state index contributed by atoms with van der Waals surface area (Å²) >= 11 is 0.951. The van der Waals surface area contributed by atoms with Crippen molar-refractivity contribution in [2.45, 2.75) is 13.8 Å². The number of rotatable bonds is 3. The molecule has 0 bridgehead atoms. The number of carboxylic acid groups (broad SMARTS) is 1. The van der Waals surface area contributed by atoms with E-state index in [1.807, 2.05) is 0 Å². The monoisotopic (exact) mass is 281 g/mol. The van der Waals surface area contributed by atoms with Gasteiger partial charge < -0.3 is 5.11 Å². The van der Waals surface area contributed by atoms with Crippen LogP contribution in [-0.4, -0.2) is 43.6 Å². The Balaban J connectivity index is 2.37. The lowest BCUT2D eigenvalue weighted by Crippen LogP contribution is -2.28. The first-order valence-electron chi connectivity index (χ1n) is 5.28. The lowest BCUT2D eigenvalue weighted by atomic mass is 10.2. The summed E-state index contributed by atoms with van der Waals surface area (Å²) < 4.78 is 3.96. The van der Waals surface area contributed by atoms with Crippen LogP contribution >= 0.6 is 11.5 Å². The Labute approximate surface area is 112 Å². The lowest BCUT2D eigenvalue weighted by molar-refractivity contribution is 0.0697. The fourth-order valence-corrected chi connectivity index (χ4v) is 2.36. The number of hydrogen-bond acceptors (Lipinski definition) is 6. The number of aromatic carboxylic acids is 1. The first kappa shape index (κ1) is 13.1. The summed E-state index contributed by atoms with van der Waals surface area (Å²) in [6.07, 6.45) is 0. The smallest absolute Gasteiger partial charge is 0.340 e. The number of hydrogen-bond donors (Lipinski definition) is 2. The van der Waals surface area contributed by atoms with Gasteiger partial charge in [-0.1, -0.05) is 0 Å². The van der Waals surface area contributed by atoms with Crippen molar-refractivity contribution in [1.29, 1.82) is 0 Å². The molecule has 0 spiro atoms. The van der Waals surface area contributed by atoms with E-state index < -0.39 is 11.9 Å². The highest BCUT2D eigenvalue weighted by Crippen LogP contribution is 2.28. The van der Waals surface area contributed by atoms with Gasteiger partial charge in [0.05, 0.1) is 5.69 Å². The summed E-state index contributed by atoms with van der Waals surface area (Å²) in [6.45, 7) is 3.25. The number of aromatic amines is 1. The molecule has 9 heteroatoms. The molecule has 0 unspecified atom stereocenters. The van der Waals surface area contributed by atoms with Crippen LogP contribution in [0.1, 0.15) is 32.5 Å². The average Bonchev–Trinajstić information content (AvgIpc) is 2.93. The molecule has 2 rings (SSSR count). The molecule has 2 aromatic heterocycles. The zero-order valence-electron chi connectivity index (χ0n) is 10.5. The van der Waals surface area contributed by atoms with Crippen molar-refractivity contribution in [1.82, 2.24) is 19.6 Å². The molecular weight excluding hydrogens is 270 g/mol. The number of carbonyl (C=O) groups excluding carboxylic acids is 1. The van der Waals surface area contributed by atoms with Crippen molar-refractivity contribution in [2.24, 2.45) is 0 Å². The van der Waals surface area contributed by atoms with E-state index >= 15 is 0 Å². The Morgan fingerprint density at radius 1 is 1.37 bits per heavy atom. The van der Waals surface area contributed by atoms with Gasteiger partial charge in [0.2, 0.25) is 5.82 Å². The van der Waals surface area contributed by atoms with Gasteiger partial charge in [-0.25, -0.2) is 9.78 Å². The maximum atomic E-state index is 12.1. The van der Waals surface area contributed by atoms with Crippen LogP contribution in [0.3, 0.4) is 0 Å². The van der Waals surface area contributed by atoms with Crippen molar-refractivity contribution in [3.63, 3.8) is 0 Å². The third kappa shape index (κ3) is 2.32. The molecule has 1 amide bonds. The number of carbonyl (C=O) groups is 2. The highest BCUT2D eigenvalue weighted by molar-refractivity contribution is 7.11. The van der Waals surface area contributed by atoms with Crippen molar-refractivity contribution < 1.29 is 14.7 Å². The summed E-state index contributed by atoms with van der Waals surface area (Å²) in [5.41, 5.74) is 0.395. The van der Waals surface area contributed by atoms with Crippen molar-refractivity contribution in [3.05, 3.63) is 22.9 Å². The van der Waals surface area contributed by atoms with Crippen LogP contribution < -0.4 is 4.90 Å². The average molecular weight is 281 g/mol. The minimum Gasteiger partial charge on any atom is -0.478 e. The Morgan fingerprint density at radius 2 is 2.05 bits per heavy atom. The van der Waals surface area contributed by atoms with E-state index in [1.165, 1.54) is 11.9 Å². The number of H-pyrrole nitrogens is 1. The van der Waals surface area contributed by atoms with E-state index in [-0.39, 0.29) is 16.4 Å². The van der Waals surface area contributed by atoms with Gasteiger partial charge in [-0.2, -0.15) is 4.37 Å². The zero-order chi connectivity index (χ0) is 14.2. The normalized spacial score (nSPS) is 10.5. The molecule has 8 nitrogen and oxygen atoms in total. The van der Waals surface area contributed by atoms with Gasteiger partial charge in [-0.15, -0.1) is 5.10 Å². The summed E-state index contributed by atoms with van der Waals surface area (Å²) in [5.74, 6) is -1.11. The summed E-state index contributed by atoms with van der Waals surface area (Å²) in [7, 11) is 1.47. The maximum absolute atomic E-state index is 12.1. The van der Waals surface area contributed by atoms with E-state index in [4.69, 9.17) is 5.11 Å². The van der Waals surface area contributed by atoms with E-state index in [1.54, 1.807) is 13.8 Å². The fourth-order valence-electron chi connectivity index (χ4n) is 1.51. The molecular formula is C10H11N5O3S. The molecule has 0 aliphatic rings. The van der Waals surface area contributed by atoms with Gasteiger partial charge >= 0.3 is 5.97 Å². The largest absolute Gasteiger partial charge is 0.478 e. The van der Waals surface area contributed by atoms with E-state index in [2.05, 4.69) is 19.6 Å². The molecule has 0 saturated heterocycles. The Hall–Kier alpha value is -2.29. The predicted molar refractivity (Wildman–Crippen MR) is 67.7 cm³/mol. The van der Waals surface area contributed by atoms with E-state index in [9.17, 15) is 9.59 Å². The van der Waals surface area contributed by atoms with Gasteiger partial charge in [-0.3, -0.25) is 14.8 Å². The highest BCUT2D eigenvalue weighted by Gasteiger charge is 2.26. The van der Waals surface area contributed by atoms with Crippen molar-refractivity contribution >= 4 is 28.4 Å². The van der Waals surface area contributed by atoms with Crippen LogP contribution in [0.4, 0.5) is 5.00 Å². The highest BCUT2D eigenvalue weighted by atomic mass is 32.1. The molecule has 0 aliphatic carbocycles. The fraction of sp³-hybridized carbons (Fsp3) is 0.300. The lowest BCUT2D eigenvalue weighted by Gasteiger charge is -2.13. The second-order valence-electron chi connectivity index (χ2n) is 3.86. The molecule has 0 fully saturated rings. The number of nitrogens with zero attached hydrogens (tertiary/aromatic N) is 4. The number of amides is 1. The molecule has 0 aliphatic heterocycles. The zero-order valence-corrected chi connectivity index (χ0v) is 11.3. The Bertz CT molecular complexity index is 647. The molecule has 2 heterocycles. The second kappa shape index (κ2) is 4.76. The topological polar surface area (TPSA) is 112 Å². The van der Waals surface area contributed by atoms with Gasteiger partial charge in [0.1, 0.15) is 16.4 Å². The number of carboxylic acids is 1. The predicted octanol–water partition coefficient (Wildman–Crippen LogP) is 0.853. The molecule has 0 saturated carbocycles. The van der Waals surface area contributed by atoms with Crippen LogP contribution in [0.15, 0.2) is 0 Å². The maximum Gasteiger partial charge on any atom is 0.340 e. The van der Waals surface area contributed by atoms with Crippen LogP contribution in [0.2, 0.25) is 0 Å². The van der Waals surface area contributed by atoms with Gasteiger partial charge in [0.15, 0.2) is 0 Å². The van der Waals surface area contributed by atoms with Gasteiger partial charge in [0.25, 0.3) is 5.91 Å². The first-order valence-corrected chi connectivity index (χ1v) is 6.05. The number of aromatic nitrogens is 4. The first-order chi connectivity index (χ1) is 8.91. The Morgan fingerprint density at radius 3 is 2.58 bits per heavy atom. The van der Waals surface area contributed by atoms with Gasteiger partial charge in [0, 0.05) is 7.05 Å². The molecule has 0 radical (unpaired) electrons. The molecule has 2 aromatic rings. The SMILES string of the molecule is Cc1nc(C(=O)N(C)c2snc(C)c2C(=O)O)n[nH]1. The second-order valence-corrected chi connectivity index (χ2v) is 4.61. The van der Waals surface area contributed by atoms with Crippen LogP contribution in [0, 0.1) is 13.8 Å². The van der Waals surface area contributed by atoms with Crippen LogP contribution in [0.5, 0.6) is 0 Å².